The van der Waals surface area contributed by atoms with Crippen LogP contribution in [0, 0.1) is 6.61 Å². The van der Waals surface area contributed by atoms with Crippen LogP contribution in [-0.4, -0.2) is 16.6 Å². The summed E-state index contributed by atoms with van der Waals surface area (Å²) in [5.41, 5.74) is 0. The summed E-state index contributed by atoms with van der Waals surface area (Å²) >= 11 is 15.8. The lowest BCUT2D eigenvalue weighted by molar-refractivity contribution is 0.0764. The predicted molar refractivity (Wildman–Crippen MR) is 42.7 cm³/mol. The Bertz CT molecular complexity index is 131. The molecule has 0 atom stereocenters. The van der Waals surface area contributed by atoms with E-state index in [4.69, 9.17) is 34.8 Å². The van der Waals surface area contributed by atoms with Crippen LogP contribution in [0.15, 0.2) is 0 Å². The molecular weight excluding hydrogens is 214 g/mol. The number of carbonyl (C=O) groups is 1. The quantitative estimate of drug-likeness (QED) is 0.530. The smallest absolute Gasteiger partial charge is 0.430 e. The molecule has 11 heavy (non-hydrogen) atoms. The lowest BCUT2D eigenvalue weighted by atomic mass is 10.8. The molecule has 0 aliphatic carbocycles. The highest BCUT2D eigenvalue weighted by molar-refractivity contribution is 6.67. The van der Waals surface area contributed by atoms with Crippen molar-refractivity contribution in [1.82, 2.24) is 0 Å². The van der Waals surface area contributed by atoms with Crippen molar-refractivity contribution in [3.05, 3.63) is 6.61 Å². The highest BCUT2D eigenvalue weighted by Crippen LogP contribution is 2.25. The normalized spacial score (nSPS) is 10.9. The molecule has 0 N–H and O–H groups in total. The van der Waals surface area contributed by atoms with Crippen LogP contribution in [0.2, 0.25) is 0 Å². The molecule has 0 amide bonds. The van der Waals surface area contributed by atoms with Gasteiger partial charge in [0.2, 0.25) is 3.79 Å². The summed E-state index contributed by atoms with van der Waals surface area (Å²) in [5, 5.41) is 0. The average Bonchev–Trinajstić information content (AvgIpc) is 1.83. The Hall–Kier alpha value is 0.140. The third kappa shape index (κ3) is 8.04. The summed E-state index contributed by atoms with van der Waals surface area (Å²) in [7, 11) is 0. The standard InChI is InChI=1S/C5H6Cl3O3/c1-2-10-4(9)11-3-5(6,7)8/h2H,3H2,1H3. The first-order valence-corrected chi connectivity index (χ1v) is 3.77. The van der Waals surface area contributed by atoms with Gasteiger partial charge in [0.25, 0.3) is 0 Å². The average molecular weight is 220 g/mol. The number of carbonyl (C=O) groups excluding carboxylic acids is 1. The van der Waals surface area contributed by atoms with Gasteiger partial charge in [-0.3, -0.25) is 0 Å². The van der Waals surface area contributed by atoms with Crippen molar-refractivity contribution in [1.29, 1.82) is 0 Å². The van der Waals surface area contributed by atoms with E-state index in [9.17, 15) is 4.79 Å². The van der Waals surface area contributed by atoms with Crippen LogP contribution in [-0.2, 0) is 9.47 Å². The first-order chi connectivity index (χ1) is 4.95. The fourth-order valence-corrected chi connectivity index (χ4v) is 0.435. The van der Waals surface area contributed by atoms with Gasteiger partial charge in [-0.2, -0.15) is 0 Å². The summed E-state index contributed by atoms with van der Waals surface area (Å²) in [6.07, 6.45) is -0.890. The second-order valence-electron chi connectivity index (χ2n) is 1.51. The molecule has 0 aliphatic heterocycles. The maximum absolute atomic E-state index is 10.4. The van der Waals surface area contributed by atoms with Crippen molar-refractivity contribution in [3.63, 3.8) is 0 Å². The Labute approximate surface area is 79.5 Å². The van der Waals surface area contributed by atoms with Gasteiger partial charge in [0.15, 0.2) is 0 Å². The summed E-state index contributed by atoms with van der Waals surface area (Å²) in [4.78, 5) is 10.4. The lowest BCUT2D eigenvalue weighted by Crippen LogP contribution is -2.17. The van der Waals surface area contributed by atoms with Crippen LogP contribution < -0.4 is 0 Å². The summed E-state index contributed by atoms with van der Waals surface area (Å²) in [6.45, 7) is 2.36. The highest BCUT2D eigenvalue weighted by Gasteiger charge is 2.22. The second-order valence-corrected chi connectivity index (χ2v) is 4.02. The third-order valence-electron chi connectivity index (χ3n) is 0.568. The van der Waals surface area contributed by atoms with Crippen molar-refractivity contribution in [2.24, 2.45) is 0 Å². The highest BCUT2D eigenvalue weighted by atomic mass is 35.6. The number of rotatable bonds is 2. The maximum atomic E-state index is 10.4. The Morgan fingerprint density at radius 3 is 2.45 bits per heavy atom. The first-order valence-electron chi connectivity index (χ1n) is 2.63. The molecule has 0 spiro atoms. The lowest BCUT2D eigenvalue weighted by Gasteiger charge is -2.09. The van der Waals surface area contributed by atoms with E-state index in [0.717, 1.165) is 0 Å². The van der Waals surface area contributed by atoms with E-state index in [2.05, 4.69) is 9.47 Å². The molecule has 0 aromatic rings. The fourth-order valence-electron chi connectivity index (χ4n) is 0.271. The van der Waals surface area contributed by atoms with Crippen LogP contribution in [0.3, 0.4) is 0 Å². The maximum Gasteiger partial charge on any atom is 0.508 e. The van der Waals surface area contributed by atoms with Crippen molar-refractivity contribution in [2.45, 2.75) is 10.7 Å². The Morgan fingerprint density at radius 2 is 2.09 bits per heavy atom. The zero-order chi connectivity index (χ0) is 8.91. The molecule has 0 fully saturated rings. The number of alkyl halides is 3. The van der Waals surface area contributed by atoms with E-state index in [-0.39, 0.29) is 6.61 Å². The molecule has 0 rings (SSSR count). The molecule has 3 nitrogen and oxygen atoms in total. The molecular formula is C5H6Cl3O3. The fraction of sp³-hybridized carbons (Fsp3) is 0.600. The monoisotopic (exact) mass is 219 g/mol. The summed E-state index contributed by atoms with van der Waals surface area (Å²) < 4.78 is 7.04. The van der Waals surface area contributed by atoms with Crippen LogP contribution in [0.1, 0.15) is 6.92 Å². The minimum atomic E-state index is -1.59. The topological polar surface area (TPSA) is 35.5 Å². The second kappa shape index (κ2) is 4.91. The van der Waals surface area contributed by atoms with E-state index in [1.54, 1.807) is 0 Å². The minimum Gasteiger partial charge on any atom is -0.430 e. The molecule has 1 radical (unpaired) electrons. The van der Waals surface area contributed by atoms with Gasteiger partial charge < -0.3 is 9.47 Å². The van der Waals surface area contributed by atoms with E-state index in [0.29, 0.717) is 0 Å². The summed E-state index contributed by atoms with van der Waals surface area (Å²) in [6, 6.07) is 0. The molecule has 0 aromatic heterocycles. The Morgan fingerprint density at radius 1 is 1.55 bits per heavy atom. The van der Waals surface area contributed by atoms with Gasteiger partial charge >= 0.3 is 6.16 Å². The van der Waals surface area contributed by atoms with Crippen molar-refractivity contribution < 1.29 is 14.3 Å². The molecule has 0 heterocycles. The number of halogens is 3. The van der Waals surface area contributed by atoms with Gasteiger partial charge in [-0.1, -0.05) is 34.8 Å². The molecule has 0 saturated carbocycles. The van der Waals surface area contributed by atoms with E-state index in [1.807, 2.05) is 0 Å². The van der Waals surface area contributed by atoms with E-state index < -0.39 is 9.95 Å². The molecule has 65 valence electrons. The zero-order valence-corrected chi connectivity index (χ0v) is 7.91. The van der Waals surface area contributed by atoms with Gasteiger partial charge in [-0.25, -0.2) is 4.79 Å². The van der Waals surface area contributed by atoms with Crippen LogP contribution >= 0.6 is 34.8 Å². The van der Waals surface area contributed by atoms with Gasteiger partial charge in [0.05, 0.1) is 0 Å². The first kappa shape index (κ1) is 11.1. The Kier molecular flexibility index (Phi) is 4.97. The van der Waals surface area contributed by atoms with Gasteiger partial charge in [-0.05, 0) is 6.92 Å². The summed E-state index contributed by atoms with van der Waals surface area (Å²) in [5.74, 6) is 0. The molecule has 6 heteroatoms. The molecule has 0 saturated heterocycles. The Balaban J connectivity index is 3.46. The van der Waals surface area contributed by atoms with E-state index in [1.165, 1.54) is 13.5 Å². The molecule has 0 bridgehead atoms. The van der Waals surface area contributed by atoms with Crippen molar-refractivity contribution in [2.75, 3.05) is 6.61 Å². The zero-order valence-electron chi connectivity index (χ0n) is 5.64. The predicted octanol–water partition coefficient (Wildman–Crippen LogP) is 2.69. The van der Waals surface area contributed by atoms with Crippen LogP contribution in [0.5, 0.6) is 0 Å². The third-order valence-corrected chi connectivity index (χ3v) is 0.895. The number of ether oxygens (including phenoxy) is 2. The number of hydrogen-bond donors (Lipinski definition) is 0. The van der Waals surface area contributed by atoms with Crippen LogP contribution in [0.25, 0.3) is 0 Å². The van der Waals surface area contributed by atoms with Crippen LogP contribution in [0.4, 0.5) is 4.79 Å². The van der Waals surface area contributed by atoms with Gasteiger partial charge in [0, 0.05) is 0 Å². The molecule has 0 aliphatic rings. The van der Waals surface area contributed by atoms with Crippen molar-refractivity contribution in [3.8, 4) is 0 Å². The van der Waals surface area contributed by atoms with Crippen molar-refractivity contribution >= 4 is 41.0 Å². The molecule has 0 unspecified atom stereocenters. The SMILES string of the molecule is C[CH]OC(=O)OCC(Cl)(Cl)Cl. The van der Waals surface area contributed by atoms with Gasteiger partial charge in [-0.15, -0.1) is 0 Å². The number of hydrogen-bond acceptors (Lipinski definition) is 3. The van der Waals surface area contributed by atoms with E-state index >= 15 is 0 Å². The van der Waals surface area contributed by atoms with Gasteiger partial charge in [0.1, 0.15) is 13.2 Å². The minimum absolute atomic E-state index is 0.329. The molecule has 0 aromatic carbocycles. The largest absolute Gasteiger partial charge is 0.508 e.